The van der Waals surface area contributed by atoms with Gasteiger partial charge < -0.3 is 0 Å². The Labute approximate surface area is 229 Å². The molecule has 0 radical (unpaired) electrons. The molecule has 1 aromatic heterocycles. The van der Waals surface area contributed by atoms with E-state index in [1.54, 1.807) is 10.8 Å². The van der Waals surface area contributed by atoms with Crippen LogP contribution in [0.5, 0.6) is 0 Å². The van der Waals surface area contributed by atoms with Crippen LogP contribution in [0.1, 0.15) is 48.0 Å². The van der Waals surface area contributed by atoms with Crippen molar-refractivity contribution in [1.82, 2.24) is 9.55 Å². The zero-order chi connectivity index (χ0) is 27.9. The molecule has 206 valence electrons. The van der Waals surface area contributed by atoms with Crippen LogP contribution in [0.2, 0.25) is 36.3 Å². The van der Waals surface area contributed by atoms with Crippen molar-refractivity contribution in [3.05, 3.63) is 63.4 Å². The van der Waals surface area contributed by atoms with Crippen LogP contribution in [-0.2, 0) is 18.2 Å². The minimum absolute atomic E-state index is 0.0164. The molecule has 3 rings (SSSR count). The summed E-state index contributed by atoms with van der Waals surface area (Å²) in [4.78, 5) is 27.5. The van der Waals surface area contributed by atoms with Crippen molar-refractivity contribution in [3.63, 3.8) is 0 Å². The third-order valence-electron chi connectivity index (χ3n) is 8.09. The van der Waals surface area contributed by atoms with Crippen molar-refractivity contribution in [1.29, 1.82) is 0 Å². The summed E-state index contributed by atoms with van der Waals surface area (Å²) >= 11 is -0.281. The first-order chi connectivity index (χ1) is 16.9. The second-order valence-electron chi connectivity index (χ2n) is 13.0. The molecular formula is C27H44N2O5SeSi2. The number of ether oxygens (including phenoxy) is 1. The molecule has 0 unspecified atom stereocenters. The molecule has 1 aromatic carbocycles. The van der Waals surface area contributed by atoms with Gasteiger partial charge in [0.05, 0.1) is 0 Å². The molecule has 0 spiro atoms. The normalized spacial score (nSPS) is 23.4. The molecule has 0 bridgehead atoms. The second-order valence-corrected chi connectivity index (χ2v) is 25.3. The maximum absolute atomic E-state index is 13.1. The summed E-state index contributed by atoms with van der Waals surface area (Å²) in [7, 11) is -4.21. The van der Waals surface area contributed by atoms with E-state index in [0.717, 1.165) is 4.46 Å². The van der Waals surface area contributed by atoms with Crippen molar-refractivity contribution in [2.45, 2.75) is 101 Å². The minimum atomic E-state index is -2.16. The number of rotatable bonds is 8. The molecule has 10 heteroatoms. The van der Waals surface area contributed by atoms with E-state index in [1.165, 1.54) is 6.07 Å². The van der Waals surface area contributed by atoms with E-state index >= 15 is 0 Å². The summed E-state index contributed by atoms with van der Waals surface area (Å²) < 4.78 is 22.2. The summed E-state index contributed by atoms with van der Waals surface area (Å²) in [5.41, 5.74) is -0.893. The van der Waals surface area contributed by atoms with Gasteiger partial charge in [0, 0.05) is 0 Å². The number of aromatic amines is 1. The van der Waals surface area contributed by atoms with Gasteiger partial charge in [0.25, 0.3) is 0 Å². The molecule has 1 N–H and O–H groups in total. The van der Waals surface area contributed by atoms with Gasteiger partial charge >= 0.3 is 230 Å². The van der Waals surface area contributed by atoms with Gasteiger partial charge in [0.1, 0.15) is 0 Å². The van der Waals surface area contributed by atoms with Crippen LogP contribution >= 0.6 is 0 Å². The molecule has 0 amide bonds. The number of aromatic nitrogens is 2. The van der Waals surface area contributed by atoms with Crippen LogP contribution in [0.15, 0.2) is 52.2 Å². The first-order valence-corrected chi connectivity index (χ1v) is 20.5. The molecule has 2 aromatic rings. The van der Waals surface area contributed by atoms with Crippen LogP contribution in [0, 0.1) is 0 Å². The number of hydrogen-bond acceptors (Lipinski definition) is 5. The Bertz CT molecular complexity index is 1180. The number of H-pyrrole nitrogens is 1. The molecule has 1 saturated heterocycles. The van der Waals surface area contributed by atoms with Gasteiger partial charge in [-0.15, -0.1) is 0 Å². The Kier molecular flexibility index (Phi) is 8.77. The van der Waals surface area contributed by atoms with Gasteiger partial charge in [0.15, 0.2) is 0 Å². The van der Waals surface area contributed by atoms with E-state index in [0.29, 0.717) is 13.0 Å². The molecule has 0 aliphatic carbocycles. The van der Waals surface area contributed by atoms with Gasteiger partial charge in [-0.1, -0.05) is 0 Å². The summed E-state index contributed by atoms with van der Waals surface area (Å²) in [6.45, 7) is 22.7. The van der Waals surface area contributed by atoms with Crippen molar-refractivity contribution in [2.24, 2.45) is 0 Å². The van der Waals surface area contributed by atoms with Gasteiger partial charge in [-0.2, -0.15) is 0 Å². The monoisotopic (exact) mass is 612 g/mol. The molecule has 7 nitrogen and oxygen atoms in total. The standard InChI is InChI=1S/C27H44N2O5SeSi2/c1-25(2,3)36(7,8)32-19-22-21(34-37(9,10)26(4,5)6)18-27(33-22,35-20-14-12-11-13-15-20)29-17-16-23(30)28-24(29)31/h11-17,21-22H,18-19H2,1-10H3,(H,28,30,31)/t21-,22+,27-/m0/s1. The summed E-state index contributed by atoms with van der Waals surface area (Å²) in [5, 5.41) is 0.0742. The third-order valence-corrected chi connectivity index (χ3v) is 19.8. The summed E-state index contributed by atoms with van der Waals surface area (Å²) in [5.74, 6) is 0. The molecule has 37 heavy (non-hydrogen) atoms. The fourth-order valence-corrected chi connectivity index (χ4v) is 8.83. The fraction of sp³-hybridized carbons (Fsp3) is 0.630. The van der Waals surface area contributed by atoms with E-state index in [9.17, 15) is 9.59 Å². The van der Waals surface area contributed by atoms with Crippen molar-refractivity contribution in [3.8, 4) is 0 Å². The first kappa shape index (κ1) is 30.3. The zero-order valence-corrected chi connectivity index (χ0v) is 27.7. The summed E-state index contributed by atoms with van der Waals surface area (Å²) in [6.07, 6.45) is 1.49. The van der Waals surface area contributed by atoms with E-state index in [1.807, 2.05) is 18.2 Å². The van der Waals surface area contributed by atoms with Gasteiger partial charge in [-0.05, 0) is 0 Å². The molecule has 0 saturated carbocycles. The van der Waals surface area contributed by atoms with Crippen LogP contribution in [-0.4, -0.2) is 60.0 Å². The van der Waals surface area contributed by atoms with Gasteiger partial charge in [0.2, 0.25) is 0 Å². The van der Waals surface area contributed by atoms with Crippen molar-refractivity contribution >= 4 is 36.1 Å². The average Bonchev–Trinajstić information content (AvgIpc) is 3.08. The number of nitrogens with zero attached hydrogens (tertiary/aromatic N) is 1. The second kappa shape index (κ2) is 10.7. The number of hydrogen-bond donors (Lipinski definition) is 1. The molecule has 1 aliphatic rings. The maximum atomic E-state index is 13.1. The predicted octanol–water partition coefficient (Wildman–Crippen LogP) is 4.38. The Balaban J connectivity index is 2.07. The Morgan fingerprint density at radius 1 is 1.00 bits per heavy atom. The van der Waals surface area contributed by atoms with E-state index < -0.39 is 32.5 Å². The Hall–Kier alpha value is -1.27. The molecule has 3 atom stereocenters. The molecule has 1 fully saturated rings. The molecular weight excluding hydrogens is 567 g/mol. The van der Waals surface area contributed by atoms with Gasteiger partial charge in [-0.3, -0.25) is 0 Å². The van der Waals surface area contributed by atoms with Crippen molar-refractivity contribution < 1.29 is 13.6 Å². The molecule has 2 heterocycles. The zero-order valence-electron chi connectivity index (χ0n) is 24.0. The van der Waals surface area contributed by atoms with Crippen molar-refractivity contribution in [2.75, 3.05) is 6.61 Å². The first-order valence-electron chi connectivity index (χ1n) is 12.9. The number of nitrogens with one attached hydrogen (secondary N) is 1. The third kappa shape index (κ3) is 6.85. The summed E-state index contributed by atoms with van der Waals surface area (Å²) in [6, 6.07) is 11.5. The Morgan fingerprint density at radius 3 is 2.14 bits per heavy atom. The SMILES string of the molecule is CC(C)(C)[Si](C)(C)OC[C@H]1O[C@@]([Se]c2ccccc2)(n2ccc(=O)[nH]c2=O)C[C@@H]1O[Si](C)(C)C(C)(C)C. The van der Waals surface area contributed by atoms with Crippen LogP contribution in [0.3, 0.4) is 0 Å². The van der Waals surface area contributed by atoms with Crippen LogP contribution in [0.4, 0.5) is 0 Å². The topological polar surface area (TPSA) is 82.5 Å². The quantitative estimate of drug-likeness (QED) is 0.449. The van der Waals surface area contributed by atoms with Crippen LogP contribution < -0.4 is 15.7 Å². The van der Waals surface area contributed by atoms with E-state index in [-0.39, 0.29) is 37.2 Å². The average molecular weight is 612 g/mol. The van der Waals surface area contributed by atoms with Crippen LogP contribution in [0.25, 0.3) is 0 Å². The van der Waals surface area contributed by atoms with E-state index in [2.05, 4.69) is 84.8 Å². The van der Waals surface area contributed by atoms with Gasteiger partial charge in [-0.25, -0.2) is 0 Å². The number of benzene rings is 1. The molecule has 1 aliphatic heterocycles. The van der Waals surface area contributed by atoms with E-state index in [4.69, 9.17) is 13.6 Å². The Morgan fingerprint density at radius 2 is 1.59 bits per heavy atom. The fourth-order valence-electron chi connectivity index (χ4n) is 3.70. The predicted molar refractivity (Wildman–Crippen MR) is 156 cm³/mol.